The van der Waals surface area contributed by atoms with Crippen molar-refractivity contribution in [3.63, 3.8) is 0 Å². The second kappa shape index (κ2) is 3.80. The number of benzene rings is 1. The highest BCUT2D eigenvalue weighted by atomic mass is 32.2. The number of halogens is 4. The van der Waals surface area contributed by atoms with Crippen molar-refractivity contribution in [3.05, 3.63) is 35.6 Å². The molecule has 0 radical (unpaired) electrons. The minimum absolute atomic E-state index is 0.229. The number of hydrogen-bond donors (Lipinski definition) is 0. The highest BCUT2D eigenvalue weighted by Crippen LogP contribution is 2.26. The largest absolute Gasteiger partial charge is 0.497 e. The standard InChI is InChI=1S/C8H6F4O2S/c9-7-3-1-2-6(4-7)5-15(13,14)8(10,11)12/h1-4H,5H2. The van der Waals surface area contributed by atoms with E-state index in [1.54, 1.807) is 0 Å². The maximum Gasteiger partial charge on any atom is 0.497 e. The molecule has 0 bridgehead atoms. The third-order valence-electron chi connectivity index (χ3n) is 1.60. The van der Waals surface area contributed by atoms with E-state index < -0.39 is 26.9 Å². The summed E-state index contributed by atoms with van der Waals surface area (Å²) in [4.78, 5) is 0. The third kappa shape index (κ3) is 2.92. The summed E-state index contributed by atoms with van der Waals surface area (Å²) in [7, 11) is -5.23. The molecule has 0 aliphatic carbocycles. The fraction of sp³-hybridized carbons (Fsp3) is 0.250. The first-order chi connectivity index (χ1) is 6.72. The van der Waals surface area contributed by atoms with Gasteiger partial charge in [-0.1, -0.05) is 12.1 Å². The molecule has 0 aliphatic heterocycles. The molecular weight excluding hydrogens is 236 g/mol. The Labute approximate surface area is 83.4 Å². The lowest BCUT2D eigenvalue weighted by Crippen LogP contribution is -2.24. The summed E-state index contributed by atoms with van der Waals surface area (Å²) in [6.45, 7) is 0. The van der Waals surface area contributed by atoms with Crippen LogP contribution in [0.5, 0.6) is 0 Å². The van der Waals surface area contributed by atoms with Gasteiger partial charge in [0.2, 0.25) is 0 Å². The Balaban J connectivity index is 2.98. The first-order valence-electron chi connectivity index (χ1n) is 3.76. The molecule has 2 nitrogen and oxygen atoms in total. The maximum atomic E-state index is 12.6. The lowest BCUT2D eigenvalue weighted by molar-refractivity contribution is -0.0437. The molecule has 15 heavy (non-hydrogen) atoms. The lowest BCUT2D eigenvalue weighted by atomic mass is 10.2. The number of hydrogen-bond acceptors (Lipinski definition) is 2. The van der Waals surface area contributed by atoms with Gasteiger partial charge in [0.15, 0.2) is 0 Å². The van der Waals surface area contributed by atoms with Crippen molar-refractivity contribution < 1.29 is 26.0 Å². The molecule has 1 aromatic rings. The monoisotopic (exact) mass is 242 g/mol. The van der Waals surface area contributed by atoms with Crippen LogP contribution in [0.3, 0.4) is 0 Å². The molecule has 0 spiro atoms. The second-order valence-electron chi connectivity index (χ2n) is 2.83. The van der Waals surface area contributed by atoms with Crippen molar-refractivity contribution in [1.29, 1.82) is 0 Å². The molecule has 1 aromatic carbocycles. The van der Waals surface area contributed by atoms with Crippen LogP contribution in [0.1, 0.15) is 5.56 Å². The van der Waals surface area contributed by atoms with Crippen LogP contribution in [0.25, 0.3) is 0 Å². The van der Waals surface area contributed by atoms with Crippen LogP contribution in [0.2, 0.25) is 0 Å². The van der Waals surface area contributed by atoms with Gasteiger partial charge >= 0.3 is 5.51 Å². The summed E-state index contributed by atoms with van der Waals surface area (Å²) in [5.41, 5.74) is -5.54. The Bertz CT molecular complexity index is 450. The van der Waals surface area contributed by atoms with Crippen LogP contribution < -0.4 is 0 Å². The van der Waals surface area contributed by atoms with Gasteiger partial charge in [0.1, 0.15) is 5.82 Å². The first kappa shape index (κ1) is 12.0. The quantitative estimate of drug-likeness (QED) is 0.745. The third-order valence-corrected chi connectivity index (χ3v) is 3.02. The Morgan fingerprint density at radius 2 is 1.80 bits per heavy atom. The zero-order valence-electron chi connectivity index (χ0n) is 7.25. The van der Waals surface area contributed by atoms with Crippen LogP contribution in [0.15, 0.2) is 24.3 Å². The van der Waals surface area contributed by atoms with Gasteiger partial charge in [0.25, 0.3) is 9.84 Å². The van der Waals surface area contributed by atoms with Crippen molar-refractivity contribution in [1.82, 2.24) is 0 Å². The second-order valence-corrected chi connectivity index (χ2v) is 4.82. The number of rotatable bonds is 2. The molecule has 0 amide bonds. The average Bonchev–Trinajstić information content (AvgIpc) is 2.00. The summed E-state index contributed by atoms with van der Waals surface area (Å²) in [5, 5.41) is 0. The van der Waals surface area contributed by atoms with Gasteiger partial charge in [0, 0.05) is 0 Å². The fourth-order valence-electron chi connectivity index (χ4n) is 0.928. The van der Waals surface area contributed by atoms with Crippen molar-refractivity contribution in [2.75, 3.05) is 0 Å². The summed E-state index contributed by atoms with van der Waals surface area (Å²) in [6.07, 6.45) is 0. The Morgan fingerprint density at radius 1 is 1.20 bits per heavy atom. The van der Waals surface area contributed by atoms with Gasteiger partial charge < -0.3 is 0 Å². The van der Waals surface area contributed by atoms with Gasteiger partial charge in [-0.15, -0.1) is 0 Å². The van der Waals surface area contributed by atoms with Crippen LogP contribution >= 0.6 is 0 Å². The molecule has 0 saturated carbocycles. The summed E-state index contributed by atoms with van der Waals surface area (Å²) < 4.78 is 69.7. The molecule has 7 heteroatoms. The van der Waals surface area contributed by atoms with Crippen LogP contribution in [-0.4, -0.2) is 13.9 Å². The lowest BCUT2D eigenvalue weighted by Gasteiger charge is -2.07. The number of alkyl halides is 3. The topological polar surface area (TPSA) is 34.1 Å². The van der Waals surface area contributed by atoms with Gasteiger partial charge in [-0.2, -0.15) is 13.2 Å². The van der Waals surface area contributed by atoms with E-state index in [9.17, 15) is 26.0 Å². The normalized spacial score (nSPS) is 12.8. The molecule has 0 atom stereocenters. The van der Waals surface area contributed by atoms with E-state index in [2.05, 4.69) is 0 Å². The highest BCUT2D eigenvalue weighted by Gasteiger charge is 2.45. The smallest absolute Gasteiger partial charge is 0.219 e. The highest BCUT2D eigenvalue weighted by molar-refractivity contribution is 7.91. The number of sulfone groups is 1. The van der Waals surface area contributed by atoms with Gasteiger partial charge in [0.05, 0.1) is 5.75 Å². The zero-order chi connectivity index (χ0) is 11.7. The van der Waals surface area contributed by atoms with Crippen molar-refractivity contribution in [2.24, 2.45) is 0 Å². The first-order valence-corrected chi connectivity index (χ1v) is 5.41. The van der Waals surface area contributed by atoms with E-state index in [1.165, 1.54) is 0 Å². The van der Waals surface area contributed by atoms with E-state index in [-0.39, 0.29) is 5.56 Å². The Morgan fingerprint density at radius 3 is 2.27 bits per heavy atom. The summed E-state index contributed by atoms with van der Waals surface area (Å²) in [6, 6.07) is 4.04. The Hall–Kier alpha value is -1.11. The van der Waals surface area contributed by atoms with Crippen molar-refractivity contribution in [2.45, 2.75) is 11.3 Å². The Kier molecular flexibility index (Phi) is 3.03. The predicted molar refractivity (Wildman–Crippen MR) is 45.1 cm³/mol. The van der Waals surface area contributed by atoms with Crippen molar-refractivity contribution in [3.8, 4) is 0 Å². The van der Waals surface area contributed by atoms with E-state index in [0.29, 0.717) is 0 Å². The molecule has 0 fully saturated rings. The van der Waals surface area contributed by atoms with Gasteiger partial charge in [-0.3, -0.25) is 0 Å². The van der Waals surface area contributed by atoms with Crippen LogP contribution in [0, 0.1) is 5.82 Å². The maximum absolute atomic E-state index is 12.6. The molecule has 0 unspecified atom stereocenters. The minimum atomic E-state index is -5.31. The molecule has 0 N–H and O–H groups in total. The van der Waals surface area contributed by atoms with Gasteiger partial charge in [-0.05, 0) is 17.7 Å². The molecule has 0 saturated heterocycles. The molecular formula is C8H6F4O2S. The molecule has 84 valence electrons. The van der Waals surface area contributed by atoms with E-state index >= 15 is 0 Å². The molecule has 0 heterocycles. The minimum Gasteiger partial charge on any atom is -0.219 e. The summed E-state index contributed by atoms with van der Waals surface area (Å²) in [5.74, 6) is -2.02. The fourth-order valence-corrected chi connectivity index (χ4v) is 1.71. The van der Waals surface area contributed by atoms with Crippen LogP contribution in [0.4, 0.5) is 17.6 Å². The molecule has 0 aromatic heterocycles. The zero-order valence-corrected chi connectivity index (χ0v) is 8.07. The van der Waals surface area contributed by atoms with E-state index in [4.69, 9.17) is 0 Å². The van der Waals surface area contributed by atoms with Crippen molar-refractivity contribution >= 4 is 9.84 Å². The molecule has 0 aliphatic rings. The average molecular weight is 242 g/mol. The van der Waals surface area contributed by atoms with Crippen LogP contribution in [-0.2, 0) is 15.6 Å². The van der Waals surface area contributed by atoms with E-state index in [0.717, 1.165) is 24.3 Å². The molecule has 1 rings (SSSR count). The summed E-state index contributed by atoms with van der Waals surface area (Å²) >= 11 is 0. The van der Waals surface area contributed by atoms with E-state index in [1.807, 2.05) is 0 Å². The predicted octanol–water partition coefficient (Wildman–Crippen LogP) is 2.26. The van der Waals surface area contributed by atoms with Gasteiger partial charge in [-0.25, -0.2) is 12.8 Å². The SMILES string of the molecule is O=S(=O)(Cc1cccc(F)c1)C(F)(F)F.